The summed E-state index contributed by atoms with van der Waals surface area (Å²) in [5, 5.41) is 21.7. The SMILES string of the molecule is CCC(C)(C)C(O)OC(C)(C)C12CC3CC(C1)C(C(C)(C)O)(C3)C2. The Kier molecular flexibility index (Phi) is 4.05. The molecule has 4 aliphatic rings. The molecule has 0 heterocycles. The third-order valence-electron chi connectivity index (χ3n) is 8.50. The first kappa shape index (κ1) is 18.7. The Morgan fingerprint density at radius 3 is 2.21 bits per heavy atom. The first-order valence-corrected chi connectivity index (χ1v) is 9.87. The molecule has 0 amide bonds. The van der Waals surface area contributed by atoms with Crippen molar-refractivity contribution in [3.63, 3.8) is 0 Å². The van der Waals surface area contributed by atoms with Gasteiger partial charge in [-0.15, -0.1) is 0 Å². The lowest BCUT2D eigenvalue weighted by Crippen LogP contribution is -2.53. The third kappa shape index (κ3) is 2.41. The van der Waals surface area contributed by atoms with Crippen LogP contribution in [0.25, 0.3) is 0 Å². The maximum absolute atomic E-state index is 11.0. The van der Waals surface area contributed by atoms with Crippen LogP contribution in [0.1, 0.15) is 87.0 Å². The van der Waals surface area contributed by atoms with Crippen molar-refractivity contribution in [2.45, 2.75) is 104 Å². The Labute approximate surface area is 148 Å². The Bertz CT molecular complexity index is 504. The molecule has 0 saturated heterocycles. The quantitative estimate of drug-likeness (QED) is 0.701. The van der Waals surface area contributed by atoms with E-state index in [-0.39, 0.29) is 21.8 Å². The first-order valence-electron chi connectivity index (χ1n) is 9.87. The van der Waals surface area contributed by atoms with E-state index < -0.39 is 11.9 Å². The average Bonchev–Trinajstić information content (AvgIpc) is 2.83. The van der Waals surface area contributed by atoms with Gasteiger partial charge < -0.3 is 14.9 Å². The highest BCUT2D eigenvalue weighted by Gasteiger charge is 2.71. The van der Waals surface area contributed by atoms with Gasteiger partial charge in [-0.3, -0.25) is 0 Å². The van der Waals surface area contributed by atoms with E-state index in [0.717, 1.165) is 19.3 Å². The van der Waals surface area contributed by atoms with Crippen LogP contribution in [0.15, 0.2) is 0 Å². The van der Waals surface area contributed by atoms with Crippen LogP contribution in [-0.4, -0.2) is 27.7 Å². The van der Waals surface area contributed by atoms with E-state index in [9.17, 15) is 10.2 Å². The van der Waals surface area contributed by atoms with E-state index in [1.54, 1.807) is 0 Å². The molecule has 4 bridgehead atoms. The lowest BCUT2D eigenvalue weighted by molar-refractivity contribution is -0.263. The number of hydrogen-bond donors (Lipinski definition) is 2. The molecular weight excluding hydrogens is 300 g/mol. The summed E-state index contributed by atoms with van der Waals surface area (Å²) < 4.78 is 6.35. The summed E-state index contributed by atoms with van der Waals surface area (Å²) in [6.45, 7) is 14.6. The molecule has 5 unspecified atom stereocenters. The van der Waals surface area contributed by atoms with Crippen molar-refractivity contribution in [3.8, 4) is 0 Å². The van der Waals surface area contributed by atoms with E-state index in [2.05, 4.69) is 34.6 Å². The zero-order valence-electron chi connectivity index (χ0n) is 16.8. The molecule has 0 radical (unpaired) electrons. The van der Waals surface area contributed by atoms with Gasteiger partial charge in [0, 0.05) is 16.2 Å². The van der Waals surface area contributed by atoms with E-state index in [0.29, 0.717) is 11.8 Å². The highest BCUT2D eigenvalue weighted by Crippen LogP contribution is 2.76. The fourth-order valence-corrected chi connectivity index (χ4v) is 6.31. The standard InChI is InChI=1S/C21H38O3/c1-8-17(2,3)16(22)24-19(6,7)20-10-14-9-15(12-20)21(11-14,13-20)18(4,5)23/h14-16,22-23H,8-13H2,1-7H3. The second-order valence-electron chi connectivity index (χ2n) is 10.9. The maximum atomic E-state index is 11.0. The molecule has 0 aliphatic heterocycles. The molecule has 3 heteroatoms. The van der Waals surface area contributed by atoms with Crippen molar-refractivity contribution in [1.29, 1.82) is 0 Å². The van der Waals surface area contributed by atoms with Gasteiger partial charge in [0.1, 0.15) is 0 Å². The van der Waals surface area contributed by atoms with Crippen LogP contribution in [0.2, 0.25) is 0 Å². The van der Waals surface area contributed by atoms with Gasteiger partial charge in [-0.1, -0.05) is 20.8 Å². The summed E-state index contributed by atoms with van der Waals surface area (Å²) in [5.41, 5.74) is -1.11. The van der Waals surface area contributed by atoms with E-state index in [4.69, 9.17) is 4.74 Å². The summed E-state index contributed by atoms with van der Waals surface area (Å²) in [5.74, 6) is 1.32. The van der Waals surface area contributed by atoms with E-state index in [1.165, 1.54) is 19.3 Å². The number of aliphatic hydroxyl groups excluding tert-OH is 1. The van der Waals surface area contributed by atoms with Crippen molar-refractivity contribution < 1.29 is 14.9 Å². The molecule has 0 aromatic heterocycles. The zero-order valence-corrected chi connectivity index (χ0v) is 16.8. The smallest absolute Gasteiger partial charge is 0.160 e. The minimum Gasteiger partial charge on any atom is -0.390 e. The summed E-state index contributed by atoms with van der Waals surface area (Å²) >= 11 is 0. The van der Waals surface area contributed by atoms with Crippen LogP contribution in [0.3, 0.4) is 0 Å². The molecule has 0 aromatic rings. The van der Waals surface area contributed by atoms with Crippen molar-refractivity contribution in [2.24, 2.45) is 28.1 Å². The van der Waals surface area contributed by atoms with Crippen LogP contribution < -0.4 is 0 Å². The number of hydrogen-bond acceptors (Lipinski definition) is 3. The van der Waals surface area contributed by atoms with E-state index >= 15 is 0 Å². The summed E-state index contributed by atoms with van der Waals surface area (Å²) in [4.78, 5) is 0. The fourth-order valence-electron chi connectivity index (χ4n) is 6.31. The predicted molar refractivity (Wildman–Crippen MR) is 96.5 cm³/mol. The highest BCUT2D eigenvalue weighted by atomic mass is 16.6. The summed E-state index contributed by atoms with van der Waals surface area (Å²) in [7, 11) is 0. The van der Waals surface area contributed by atoms with Gasteiger partial charge in [0.15, 0.2) is 6.29 Å². The van der Waals surface area contributed by atoms with Crippen molar-refractivity contribution >= 4 is 0 Å². The minimum atomic E-state index is -0.748. The monoisotopic (exact) mass is 338 g/mol. The lowest BCUT2D eigenvalue weighted by atomic mass is 9.57. The van der Waals surface area contributed by atoms with E-state index in [1.807, 2.05) is 13.8 Å². The third-order valence-corrected chi connectivity index (χ3v) is 8.50. The van der Waals surface area contributed by atoms with Gasteiger partial charge in [-0.25, -0.2) is 0 Å². The van der Waals surface area contributed by atoms with Crippen molar-refractivity contribution in [1.82, 2.24) is 0 Å². The topological polar surface area (TPSA) is 49.7 Å². The van der Waals surface area contributed by atoms with Crippen LogP contribution in [0.4, 0.5) is 0 Å². The molecule has 2 N–H and O–H groups in total. The minimum absolute atomic E-state index is 0.0434. The largest absolute Gasteiger partial charge is 0.390 e. The van der Waals surface area contributed by atoms with Crippen LogP contribution in [0.5, 0.6) is 0 Å². The molecule has 5 atom stereocenters. The van der Waals surface area contributed by atoms with Gasteiger partial charge in [-0.05, 0) is 78.1 Å². The van der Waals surface area contributed by atoms with Crippen LogP contribution >= 0.6 is 0 Å². The molecular formula is C21H38O3. The van der Waals surface area contributed by atoms with Gasteiger partial charge >= 0.3 is 0 Å². The van der Waals surface area contributed by atoms with Crippen LogP contribution in [0, 0.1) is 28.1 Å². The molecule has 4 saturated carbocycles. The zero-order chi connectivity index (χ0) is 18.2. The normalized spacial score (nSPS) is 40.4. The van der Waals surface area contributed by atoms with Gasteiger partial charge in [0.05, 0.1) is 11.2 Å². The summed E-state index contributed by atoms with van der Waals surface area (Å²) in [6.07, 6.45) is 5.94. The van der Waals surface area contributed by atoms with Gasteiger partial charge in [-0.2, -0.15) is 0 Å². The Morgan fingerprint density at radius 1 is 1.08 bits per heavy atom. The molecule has 4 rings (SSSR count). The second kappa shape index (κ2) is 5.20. The molecule has 3 nitrogen and oxygen atoms in total. The van der Waals surface area contributed by atoms with Gasteiger partial charge in [0.25, 0.3) is 0 Å². The maximum Gasteiger partial charge on any atom is 0.160 e. The van der Waals surface area contributed by atoms with Crippen molar-refractivity contribution in [3.05, 3.63) is 0 Å². The van der Waals surface area contributed by atoms with Crippen LogP contribution in [-0.2, 0) is 4.74 Å². The molecule has 24 heavy (non-hydrogen) atoms. The predicted octanol–water partition coefficient (Wildman–Crippen LogP) is 4.50. The number of aliphatic hydroxyl groups is 2. The lowest BCUT2D eigenvalue weighted by Gasteiger charge is -2.53. The Balaban J connectivity index is 1.87. The molecule has 0 aromatic carbocycles. The Morgan fingerprint density at radius 2 is 1.71 bits per heavy atom. The average molecular weight is 339 g/mol. The second-order valence-corrected chi connectivity index (χ2v) is 10.9. The first-order chi connectivity index (χ1) is 10.8. The highest BCUT2D eigenvalue weighted by molar-refractivity contribution is 5.21. The molecule has 140 valence electrons. The fraction of sp³-hybridized carbons (Fsp3) is 1.00. The number of rotatable bonds is 6. The Hall–Kier alpha value is -0.120. The van der Waals surface area contributed by atoms with Gasteiger partial charge in [0.2, 0.25) is 0 Å². The molecule has 4 fully saturated rings. The molecule has 4 aliphatic carbocycles. The molecule has 0 spiro atoms. The van der Waals surface area contributed by atoms with Crippen molar-refractivity contribution in [2.75, 3.05) is 0 Å². The number of ether oxygens (including phenoxy) is 1. The summed E-state index contributed by atoms with van der Waals surface area (Å²) in [6, 6.07) is 0.